The van der Waals surface area contributed by atoms with E-state index in [1.54, 1.807) is 28.8 Å². The fourth-order valence-corrected chi connectivity index (χ4v) is 3.64. The number of nitrogens with zero attached hydrogens (tertiary/aromatic N) is 1. The lowest BCUT2D eigenvalue weighted by molar-refractivity contribution is -0.123. The second-order valence-corrected chi connectivity index (χ2v) is 7.22. The van der Waals surface area contributed by atoms with E-state index in [-0.39, 0.29) is 11.6 Å². The number of carbonyl (C=O) groups is 2. The van der Waals surface area contributed by atoms with Crippen molar-refractivity contribution >= 4 is 40.2 Å². The number of ether oxygens (including phenoxy) is 1. The normalized spacial score (nSPS) is 11.8. The van der Waals surface area contributed by atoms with Crippen LogP contribution >= 0.6 is 22.7 Å². The second kappa shape index (κ2) is 7.58. The highest BCUT2D eigenvalue weighted by Crippen LogP contribution is 2.28. The first-order chi connectivity index (χ1) is 12.0. The number of anilines is 1. The highest BCUT2D eigenvalue weighted by atomic mass is 32.1. The maximum absolute atomic E-state index is 12.2. The van der Waals surface area contributed by atoms with Crippen LogP contribution in [0.4, 0.5) is 5.69 Å². The number of carbonyl (C=O) groups excluding carboxylic acids is 2. The third kappa shape index (κ3) is 4.32. The molecule has 5 nitrogen and oxygen atoms in total. The summed E-state index contributed by atoms with van der Waals surface area (Å²) < 4.78 is 5.22. The van der Waals surface area contributed by atoms with Crippen molar-refractivity contribution in [3.63, 3.8) is 0 Å². The zero-order valence-corrected chi connectivity index (χ0v) is 15.3. The molecule has 25 heavy (non-hydrogen) atoms. The van der Waals surface area contributed by atoms with Crippen molar-refractivity contribution in [3.05, 3.63) is 58.4 Å². The van der Waals surface area contributed by atoms with Crippen molar-refractivity contribution in [2.75, 3.05) is 5.32 Å². The van der Waals surface area contributed by atoms with E-state index in [9.17, 15) is 9.59 Å². The molecule has 1 atom stereocenters. The van der Waals surface area contributed by atoms with Crippen molar-refractivity contribution in [2.45, 2.75) is 20.0 Å². The molecule has 0 fully saturated rings. The molecule has 0 spiro atoms. The summed E-state index contributed by atoms with van der Waals surface area (Å²) in [7, 11) is 0. The highest BCUT2D eigenvalue weighted by molar-refractivity contribution is 7.20. The number of amides is 1. The molecule has 0 saturated carbocycles. The van der Waals surface area contributed by atoms with Crippen LogP contribution in [-0.2, 0) is 9.53 Å². The standard InChI is InChI=1S/C18H16N2O3S2/c1-11-5-7-13(8-6-11)19-16(21)12(2)23-18(22)14-10-25-17(20-14)15-4-3-9-24-15/h3-10,12H,1-2H3,(H,19,21)/t12-/m0/s1. The van der Waals surface area contributed by atoms with E-state index >= 15 is 0 Å². The molecule has 7 heteroatoms. The lowest BCUT2D eigenvalue weighted by Crippen LogP contribution is -2.30. The Morgan fingerprint density at radius 2 is 1.92 bits per heavy atom. The first kappa shape index (κ1) is 17.3. The molecular weight excluding hydrogens is 356 g/mol. The van der Waals surface area contributed by atoms with Gasteiger partial charge in [0.15, 0.2) is 11.8 Å². The zero-order valence-electron chi connectivity index (χ0n) is 13.7. The molecule has 0 bridgehead atoms. The Balaban J connectivity index is 1.60. The molecule has 0 aliphatic heterocycles. The minimum absolute atomic E-state index is 0.211. The predicted molar refractivity (Wildman–Crippen MR) is 100 cm³/mol. The summed E-state index contributed by atoms with van der Waals surface area (Å²) in [5.74, 6) is -0.989. The number of aromatic nitrogens is 1. The fraction of sp³-hybridized carbons (Fsp3) is 0.167. The van der Waals surface area contributed by atoms with E-state index in [1.807, 2.05) is 36.6 Å². The summed E-state index contributed by atoms with van der Waals surface area (Å²) in [4.78, 5) is 29.6. The van der Waals surface area contributed by atoms with Gasteiger partial charge in [-0.15, -0.1) is 22.7 Å². The summed E-state index contributed by atoms with van der Waals surface area (Å²) in [6.45, 7) is 3.50. The van der Waals surface area contributed by atoms with E-state index in [4.69, 9.17) is 4.74 Å². The van der Waals surface area contributed by atoms with Crippen LogP contribution in [0.25, 0.3) is 9.88 Å². The Morgan fingerprint density at radius 3 is 2.60 bits per heavy atom. The second-order valence-electron chi connectivity index (χ2n) is 5.42. The highest BCUT2D eigenvalue weighted by Gasteiger charge is 2.21. The topological polar surface area (TPSA) is 68.3 Å². The number of esters is 1. The van der Waals surface area contributed by atoms with Crippen molar-refractivity contribution in [1.82, 2.24) is 4.98 Å². The van der Waals surface area contributed by atoms with Crippen molar-refractivity contribution in [2.24, 2.45) is 0 Å². The van der Waals surface area contributed by atoms with Gasteiger partial charge in [0, 0.05) is 11.1 Å². The van der Waals surface area contributed by atoms with Crippen LogP contribution in [0.15, 0.2) is 47.2 Å². The van der Waals surface area contributed by atoms with E-state index in [0.717, 1.165) is 15.4 Å². The van der Waals surface area contributed by atoms with Gasteiger partial charge in [0.25, 0.3) is 5.91 Å². The number of aryl methyl sites for hydroxylation is 1. The number of nitrogens with one attached hydrogen (secondary N) is 1. The first-order valence-corrected chi connectivity index (χ1v) is 9.37. The molecule has 2 heterocycles. The predicted octanol–water partition coefficient (Wildman–Crippen LogP) is 4.36. The molecule has 3 rings (SSSR count). The zero-order chi connectivity index (χ0) is 17.8. The number of thiazole rings is 1. The largest absolute Gasteiger partial charge is 0.448 e. The van der Waals surface area contributed by atoms with Crippen LogP contribution in [0.2, 0.25) is 0 Å². The Kier molecular flexibility index (Phi) is 5.25. The lowest BCUT2D eigenvalue weighted by Gasteiger charge is -2.12. The Bertz CT molecular complexity index is 870. The van der Waals surface area contributed by atoms with Crippen LogP contribution < -0.4 is 5.32 Å². The van der Waals surface area contributed by atoms with Crippen molar-refractivity contribution in [3.8, 4) is 9.88 Å². The molecule has 1 N–H and O–H groups in total. The molecule has 3 aromatic rings. The Morgan fingerprint density at radius 1 is 1.16 bits per heavy atom. The summed E-state index contributed by atoms with van der Waals surface area (Å²) in [5.41, 5.74) is 1.97. The third-order valence-electron chi connectivity index (χ3n) is 3.42. The van der Waals surface area contributed by atoms with Gasteiger partial charge in [-0.05, 0) is 37.4 Å². The van der Waals surface area contributed by atoms with E-state index in [0.29, 0.717) is 5.69 Å². The molecule has 1 aromatic carbocycles. The fourth-order valence-electron chi connectivity index (χ4n) is 2.04. The Hall–Kier alpha value is -2.51. The number of thiophene rings is 1. The number of benzene rings is 1. The molecule has 2 aromatic heterocycles. The molecule has 1 amide bonds. The third-order valence-corrected chi connectivity index (χ3v) is 5.30. The van der Waals surface area contributed by atoms with Gasteiger partial charge in [-0.1, -0.05) is 23.8 Å². The molecule has 0 radical (unpaired) electrons. The lowest BCUT2D eigenvalue weighted by atomic mass is 10.2. The Labute approximate surface area is 153 Å². The smallest absolute Gasteiger partial charge is 0.358 e. The van der Waals surface area contributed by atoms with Crippen molar-refractivity contribution < 1.29 is 14.3 Å². The molecule has 0 aliphatic carbocycles. The summed E-state index contributed by atoms with van der Waals surface area (Å²) in [6, 6.07) is 11.3. The summed E-state index contributed by atoms with van der Waals surface area (Å²) >= 11 is 2.93. The average Bonchev–Trinajstić information content (AvgIpc) is 3.28. The van der Waals surface area contributed by atoms with Gasteiger partial charge in [-0.25, -0.2) is 9.78 Å². The van der Waals surface area contributed by atoms with E-state index < -0.39 is 12.1 Å². The van der Waals surface area contributed by atoms with Crippen LogP contribution in [0.3, 0.4) is 0 Å². The van der Waals surface area contributed by atoms with Gasteiger partial charge in [0.2, 0.25) is 0 Å². The number of hydrogen-bond acceptors (Lipinski definition) is 6. The van der Waals surface area contributed by atoms with E-state index in [1.165, 1.54) is 18.3 Å². The van der Waals surface area contributed by atoms with E-state index in [2.05, 4.69) is 10.3 Å². The van der Waals surface area contributed by atoms with Gasteiger partial charge in [0.1, 0.15) is 5.01 Å². The summed E-state index contributed by atoms with van der Waals surface area (Å²) in [6.07, 6.45) is -0.916. The van der Waals surface area contributed by atoms with Gasteiger partial charge in [0.05, 0.1) is 4.88 Å². The quantitative estimate of drug-likeness (QED) is 0.676. The van der Waals surface area contributed by atoms with Gasteiger partial charge in [-0.3, -0.25) is 4.79 Å². The maximum Gasteiger partial charge on any atom is 0.358 e. The van der Waals surface area contributed by atoms with Gasteiger partial charge < -0.3 is 10.1 Å². The minimum Gasteiger partial charge on any atom is -0.448 e. The minimum atomic E-state index is -0.916. The van der Waals surface area contributed by atoms with Crippen LogP contribution in [0.1, 0.15) is 23.0 Å². The molecule has 0 unspecified atom stereocenters. The number of rotatable bonds is 5. The van der Waals surface area contributed by atoms with Gasteiger partial charge in [-0.2, -0.15) is 0 Å². The monoisotopic (exact) mass is 372 g/mol. The SMILES string of the molecule is Cc1ccc(NC(=O)[C@H](C)OC(=O)c2csc(-c3cccs3)n2)cc1. The molecule has 0 aliphatic rings. The molecular formula is C18H16N2O3S2. The van der Waals surface area contributed by atoms with Crippen LogP contribution in [-0.4, -0.2) is 23.0 Å². The average molecular weight is 372 g/mol. The molecule has 128 valence electrons. The first-order valence-electron chi connectivity index (χ1n) is 7.61. The summed E-state index contributed by atoms with van der Waals surface area (Å²) in [5, 5.41) is 7.08. The molecule has 0 saturated heterocycles. The number of hydrogen-bond donors (Lipinski definition) is 1. The van der Waals surface area contributed by atoms with Crippen LogP contribution in [0, 0.1) is 6.92 Å². The van der Waals surface area contributed by atoms with Crippen LogP contribution in [0.5, 0.6) is 0 Å². The maximum atomic E-state index is 12.2. The van der Waals surface area contributed by atoms with Crippen molar-refractivity contribution in [1.29, 1.82) is 0 Å². The van der Waals surface area contributed by atoms with Gasteiger partial charge >= 0.3 is 5.97 Å².